The zero-order valence-electron chi connectivity index (χ0n) is 11.5. The van der Waals surface area contributed by atoms with Crippen LogP contribution in [-0.4, -0.2) is 37.9 Å². The van der Waals surface area contributed by atoms with Gasteiger partial charge < -0.3 is 15.1 Å². The Morgan fingerprint density at radius 2 is 2.00 bits per heavy atom. The van der Waals surface area contributed by atoms with Gasteiger partial charge in [0, 0.05) is 23.3 Å². The van der Waals surface area contributed by atoms with E-state index >= 15 is 0 Å². The van der Waals surface area contributed by atoms with E-state index in [4.69, 9.17) is 10.2 Å². The number of halogens is 1. The number of aromatic nitrogens is 1. The molecule has 2 heterocycles. The summed E-state index contributed by atoms with van der Waals surface area (Å²) in [6.07, 6.45) is 1.42. The Labute approximate surface area is 136 Å². The van der Waals surface area contributed by atoms with Crippen molar-refractivity contribution >= 4 is 40.7 Å². The maximum Gasteiger partial charge on any atom is 0.355 e. The van der Waals surface area contributed by atoms with E-state index in [2.05, 4.69) is 9.88 Å². The van der Waals surface area contributed by atoms with Crippen LogP contribution in [0.1, 0.15) is 40.3 Å². The van der Waals surface area contributed by atoms with Gasteiger partial charge in [-0.3, -0.25) is 0 Å². The molecule has 0 saturated carbocycles. The van der Waals surface area contributed by atoms with Crippen LogP contribution in [0.4, 0.5) is 0 Å². The second kappa shape index (κ2) is 6.95. The topological polar surface area (TPSA) is 90.7 Å². The van der Waals surface area contributed by atoms with Crippen molar-refractivity contribution in [2.75, 3.05) is 5.88 Å². The first-order valence-corrected chi connectivity index (χ1v) is 6.89. The second-order valence-corrected chi connectivity index (χ2v) is 5.62. The summed E-state index contributed by atoms with van der Waals surface area (Å²) in [5.41, 5.74) is 1.12. The normalized spacial score (nSPS) is 14.1. The minimum atomic E-state index is -1.34. The molecule has 1 aromatic rings. The van der Waals surface area contributed by atoms with Gasteiger partial charge in [0.2, 0.25) is 0 Å². The Bertz CT molecular complexity index is 618. The van der Waals surface area contributed by atoms with Crippen LogP contribution in [0.5, 0.6) is 0 Å². The first-order chi connectivity index (χ1) is 9.40. The van der Waals surface area contributed by atoms with Crippen molar-refractivity contribution in [1.29, 1.82) is 0 Å². The Balaban J connectivity index is 0.00000220. The molecule has 21 heavy (non-hydrogen) atoms. The number of hydrogen-bond acceptors (Lipinski definition) is 5. The molecule has 0 bridgehead atoms. The molecule has 0 radical (unpaired) electrons. The van der Waals surface area contributed by atoms with Crippen LogP contribution < -0.4 is 0 Å². The summed E-state index contributed by atoms with van der Waals surface area (Å²) in [5, 5.41) is 18.0. The van der Waals surface area contributed by atoms with Gasteiger partial charge in [0.15, 0.2) is 5.69 Å². The first kappa shape index (κ1) is 17.5. The van der Waals surface area contributed by atoms with Gasteiger partial charge in [0.05, 0.1) is 11.4 Å². The predicted molar refractivity (Wildman–Crippen MR) is 84.9 cm³/mol. The van der Waals surface area contributed by atoms with E-state index in [1.807, 2.05) is 13.8 Å². The summed E-state index contributed by atoms with van der Waals surface area (Å²) in [4.78, 5) is 29.1. The number of allylic oxidation sites excluding steroid dienone is 2. The molecule has 0 saturated heterocycles. The van der Waals surface area contributed by atoms with Gasteiger partial charge >= 0.3 is 11.9 Å². The summed E-state index contributed by atoms with van der Waals surface area (Å²) in [6.45, 7) is 4.56. The van der Waals surface area contributed by atoms with E-state index in [0.717, 1.165) is 11.6 Å². The summed E-state index contributed by atoms with van der Waals surface area (Å²) < 4.78 is 0. The van der Waals surface area contributed by atoms with Crippen molar-refractivity contribution in [3.8, 4) is 0 Å². The van der Waals surface area contributed by atoms with Crippen LogP contribution in [0, 0.1) is 0 Å². The van der Waals surface area contributed by atoms with Crippen LogP contribution in [0.15, 0.2) is 22.9 Å². The van der Waals surface area contributed by atoms with Gasteiger partial charge in [-0.1, -0.05) is 0 Å². The molecule has 6 nitrogen and oxygen atoms in total. The third kappa shape index (κ3) is 3.76. The molecule has 2 rings (SSSR count). The smallest absolute Gasteiger partial charge is 0.355 e. The minimum Gasteiger partial charge on any atom is -0.478 e. The van der Waals surface area contributed by atoms with Crippen molar-refractivity contribution < 1.29 is 19.8 Å². The highest BCUT2D eigenvalue weighted by molar-refractivity contribution is 8.93. The van der Waals surface area contributed by atoms with Crippen LogP contribution in [0.25, 0.3) is 0 Å². The number of hydrogen-bond donors (Lipinski definition) is 2. The minimum absolute atomic E-state index is 0. The number of carboxylic acids is 2. The molecule has 0 aliphatic carbocycles. The molecule has 114 valence electrons. The fourth-order valence-electron chi connectivity index (χ4n) is 1.91. The third-order valence-corrected chi connectivity index (χ3v) is 4.34. The molecular formula is C13H15BrN2O4S. The second-order valence-electron chi connectivity index (χ2n) is 4.46. The highest BCUT2D eigenvalue weighted by Crippen LogP contribution is 2.32. The van der Waals surface area contributed by atoms with Gasteiger partial charge in [-0.05, 0) is 25.5 Å². The van der Waals surface area contributed by atoms with Crippen molar-refractivity contribution in [1.82, 2.24) is 9.88 Å². The van der Waals surface area contributed by atoms with Crippen molar-refractivity contribution in [3.63, 3.8) is 0 Å². The molecule has 1 aromatic heterocycles. The molecule has 0 aromatic carbocycles. The SMILES string of the molecule is Br.CC1=C(C)N(Cc2cnc(C(=O)O)c(C(=O)O)c2)CS1. The summed E-state index contributed by atoms with van der Waals surface area (Å²) >= 11 is 1.73. The summed E-state index contributed by atoms with van der Waals surface area (Å²) in [7, 11) is 0. The number of aromatic carboxylic acids is 2. The lowest BCUT2D eigenvalue weighted by atomic mass is 10.1. The molecule has 0 amide bonds. The largest absolute Gasteiger partial charge is 0.478 e. The van der Waals surface area contributed by atoms with Crippen molar-refractivity contribution in [2.45, 2.75) is 20.4 Å². The lowest BCUT2D eigenvalue weighted by molar-refractivity contribution is 0.0646. The Kier molecular flexibility index (Phi) is 5.79. The van der Waals surface area contributed by atoms with Gasteiger partial charge in [-0.25, -0.2) is 14.6 Å². The number of thioether (sulfide) groups is 1. The van der Waals surface area contributed by atoms with Gasteiger partial charge in [-0.2, -0.15) is 0 Å². The molecule has 2 N–H and O–H groups in total. The van der Waals surface area contributed by atoms with E-state index in [1.54, 1.807) is 11.8 Å². The lowest BCUT2D eigenvalue weighted by Gasteiger charge is -2.19. The Morgan fingerprint density at radius 3 is 2.48 bits per heavy atom. The maximum atomic E-state index is 11.1. The van der Waals surface area contributed by atoms with E-state index in [1.165, 1.54) is 17.2 Å². The zero-order valence-corrected chi connectivity index (χ0v) is 14.0. The molecular weight excluding hydrogens is 360 g/mol. The van der Waals surface area contributed by atoms with Gasteiger partial charge in [0.25, 0.3) is 0 Å². The van der Waals surface area contributed by atoms with E-state index in [9.17, 15) is 9.59 Å². The number of carboxylic acid groups (broad SMARTS) is 2. The number of carbonyl (C=O) groups is 2. The standard InChI is InChI=1S/C13H14N2O4S.BrH/c1-7-8(2)20-6-15(7)5-9-3-10(12(16)17)11(13(18)19)14-4-9;/h3-4H,5-6H2,1-2H3,(H,16,17)(H,18,19);1H. The van der Waals surface area contributed by atoms with Crippen molar-refractivity contribution in [3.05, 3.63) is 39.7 Å². The van der Waals surface area contributed by atoms with E-state index < -0.39 is 17.6 Å². The number of pyridine rings is 1. The van der Waals surface area contributed by atoms with Crippen LogP contribution in [0.2, 0.25) is 0 Å². The highest BCUT2D eigenvalue weighted by Gasteiger charge is 2.21. The summed E-state index contributed by atoms with van der Waals surface area (Å²) in [5.74, 6) is -1.81. The third-order valence-electron chi connectivity index (χ3n) is 3.17. The predicted octanol–water partition coefficient (Wildman–Crippen LogP) is 2.81. The van der Waals surface area contributed by atoms with Crippen LogP contribution in [-0.2, 0) is 6.54 Å². The molecule has 0 spiro atoms. The van der Waals surface area contributed by atoms with Gasteiger partial charge in [0.1, 0.15) is 0 Å². The molecule has 0 unspecified atom stereocenters. The quantitative estimate of drug-likeness (QED) is 0.836. The fourth-order valence-corrected chi connectivity index (χ4v) is 2.88. The van der Waals surface area contributed by atoms with Crippen molar-refractivity contribution in [2.24, 2.45) is 0 Å². The molecule has 1 aliphatic rings. The fraction of sp³-hybridized carbons (Fsp3) is 0.308. The van der Waals surface area contributed by atoms with E-state index in [0.29, 0.717) is 12.1 Å². The lowest BCUT2D eigenvalue weighted by Crippen LogP contribution is -2.18. The maximum absolute atomic E-state index is 11.1. The molecule has 0 fully saturated rings. The number of rotatable bonds is 4. The monoisotopic (exact) mass is 374 g/mol. The van der Waals surface area contributed by atoms with E-state index in [-0.39, 0.29) is 22.5 Å². The van der Waals surface area contributed by atoms with Crippen LogP contribution in [0.3, 0.4) is 0 Å². The van der Waals surface area contributed by atoms with Gasteiger partial charge in [-0.15, -0.1) is 28.7 Å². The molecule has 1 aliphatic heterocycles. The molecule has 0 atom stereocenters. The van der Waals surface area contributed by atoms with Crippen LogP contribution >= 0.6 is 28.7 Å². The Hall–Kier alpha value is -1.54. The average molecular weight is 375 g/mol. The highest BCUT2D eigenvalue weighted by atomic mass is 79.9. The Morgan fingerprint density at radius 1 is 1.33 bits per heavy atom. The molecule has 8 heteroatoms. The zero-order chi connectivity index (χ0) is 14.9. The first-order valence-electron chi connectivity index (χ1n) is 5.91. The number of nitrogens with zero attached hydrogens (tertiary/aromatic N) is 2. The average Bonchev–Trinajstić information content (AvgIpc) is 2.70. The summed E-state index contributed by atoms with van der Waals surface area (Å²) in [6, 6.07) is 1.38.